The highest BCUT2D eigenvalue weighted by molar-refractivity contribution is 6.46. The van der Waals surface area contributed by atoms with Crippen LogP contribution in [-0.2, 0) is 0 Å². The summed E-state index contributed by atoms with van der Waals surface area (Å²) in [6.07, 6.45) is 1.38. The number of nitrogens with zero attached hydrogens (tertiary/aromatic N) is 1. The van der Waals surface area contributed by atoms with Gasteiger partial charge in [0.1, 0.15) is 11.4 Å². The summed E-state index contributed by atoms with van der Waals surface area (Å²) in [5.74, 6) is -0.272. The number of hydrogen-bond donors (Lipinski definition) is 0. The average Bonchev–Trinajstić information content (AvgIpc) is 2.36. The van der Waals surface area contributed by atoms with Crippen molar-refractivity contribution in [3.8, 4) is 17.0 Å². The predicted octanol–water partition coefficient (Wildman–Crippen LogP) is 4.86. The van der Waals surface area contributed by atoms with Crippen molar-refractivity contribution in [1.82, 2.24) is 4.98 Å². The van der Waals surface area contributed by atoms with Crippen molar-refractivity contribution < 1.29 is 9.13 Å². The third-order valence-electron chi connectivity index (χ3n) is 2.33. The lowest BCUT2D eigenvalue weighted by Gasteiger charge is -2.09. The van der Waals surface area contributed by atoms with Gasteiger partial charge in [-0.1, -0.05) is 34.8 Å². The maximum atomic E-state index is 13.9. The van der Waals surface area contributed by atoms with Gasteiger partial charge in [0.2, 0.25) is 0 Å². The van der Waals surface area contributed by atoms with Gasteiger partial charge >= 0.3 is 0 Å². The van der Waals surface area contributed by atoms with Crippen LogP contribution in [0.5, 0.6) is 5.75 Å². The van der Waals surface area contributed by atoms with Crippen molar-refractivity contribution in [1.29, 1.82) is 0 Å². The van der Waals surface area contributed by atoms with Crippen molar-refractivity contribution in [2.24, 2.45) is 0 Å². The molecule has 0 saturated carbocycles. The number of pyridine rings is 1. The van der Waals surface area contributed by atoms with Crippen LogP contribution in [0.1, 0.15) is 0 Å². The summed E-state index contributed by atoms with van der Waals surface area (Å²) in [4.78, 5) is 3.95. The number of halogens is 4. The molecule has 0 aliphatic carbocycles. The number of methoxy groups -OCH3 is 1. The summed E-state index contributed by atoms with van der Waals surface area (Å²) in [6, 6.07) is 4.28. The summed E-state index contributed by atoms with van der Waals surface area (Å²) in [5.41, 5.74) is 0.305. The molecule has 0 atom stereocenters. The number of ether oxygens (including phenoxy) is 1. The Kier molecular flexibility index (Phi) is 3.95. The molecule has 1 aromatic heterocycles. The first-order valence-corrected chi connectivity index (χ1v) is 6.01. The lowest BCUT2D eigenvalue weighted by atomic mass is 10.1. The van der Waals surface area contributed by atoms with Gasteiger partial charge in [0.05, 0.1) is 28.4 Å². The van der Waals surface area contributed by atoms with Gasteiger partial charge in [0, 0.05) is 11.6 Å². The second-order valence-electron chi connectivity index (χ2n) is 3.42. The standard InChI is InChI=1S/C12H7Cl3FNO/c1-18-6-4-9(16)12(17-5-6)10-7(13)2-3-8(14)11(10)15/h2-5H,1H3. The van der Waals surface area contributed by atoms with Crippen LogP contribution in [0.25, 0.3) is 11.3 Å². The Morgan fingerprint density at radius 2 is 1.83 bits per heavy atom. The maximum absolute atomic E-state index is 13.9. The smallest absolute Gasteiger partial charge is 0.153 e. The Morgan fingerprint density at radius 3 is 2.44 bits per heavy atom. The Hall–Kier alpha value is -1.03. The van der Waals surface area contributed by atoms with Crippen LogP contribution in [0.3, 0.4) is 0 Å². The van der Waals surface area contributed by atoms with Crippen molar-refractivity contribution in [3.63, 3.8) is 0 Å². The molecule has 18 heavy (non-hydrogen) atoms. The van der Waals surface area contributed by atoms with E-state index in [1.807, 2.05) is 0 Å². The number of rotatable bonds is 2. The Labute approximate surface area is 118 Å². The second kappa shape index (κ2) is 5.31. The molecular formula is C12H7Cl3FNO. The van der Waals surface area contributed by atoms with Gasteiger partial charge in [-0.15, -0.1) is 0 Å². The maximum Gasteiger partial charge on any atom is 0.153 e. The highest BCUT2D eigenvalue weighted by Gasteiger charge is 2.17. The largest absolute Gasteiger partial charge is 0.495 e. The van der Waals surface area contributed by atoms with Gasteiger partial charge in [-0.2, -0.15) is 0 Å². The zero-order chi connectivity index (χ0) is 13.3. The molecule has 1 aromatic carbocycles. The van der Waals surface area contributed by atoms with Gasteiger partial charge in [-0.3, -0.25) is 0 Å². The molecule has 0 bridgehead atoms. The number of hydrogen-bond acceptors (Lipinski definition) is 2. The molecule has 0 spiro atoms. The van der Waals surface area contributed by atoms with E-state index in [0.717, 1.165) is 0 Å². The molecule has 0 aliphatic rings. The summed E-state index contributed by atoms with van der Waals surface area (Å²) in [7, 11) is 1.43. The predicted molar refractivity (Wildman–Crippen MR) is 71.2 cm³/mol. The van der Waals surface area contributed by atoms with Crippen molar-refractivity contribution in [2.75, 3.05) is 7.11 Å². The molecule has 0 aliphatic heterocycles. The van der Waals surface area contributed by atoms with Gasteiger partial charge in [0.25, 0.3) is 0 Å². The zero-order valence-corrected chi connectivity index (χ0v) is 11.4. The molecule has 2 aromatic rings. The fourth-order valence-corrected chi connectivity index (χ4v) is 2.17. The average molecular weight is 307 g/mol. The van der Waals surface area contributed by atoms with E-state index in [4.69, 9.17) is 39.5 Å². The van der Waals surface area contributed by atoms with E-state index in [2.05, 4.69) is 4.98 Å². The molecule has 0 unspecified atom stereocenters. The summed E-state index contributed by atoms with van der Waals surface area (Å²) < 4.78 is 18.8. The Balaban J connectivity index is 2.66. The molecule has 0 amide bonds. The lowest BCUT2D eigenvalue weighted by molar-refractivity contribution is 0.409. The van der Waals surface area contributed by atoms with E-state index >= 15 is 0 Å². The van der Waals surface area contributed by atoms with Gasteiger partial charge in [-0.25, -0.2) is 9.37 Å². The minimum absolute atomic E-state index is 0.0355. The van der Waals surface area contributed by atoms with Crippen LogP contribution in [0, 0.1) is 5.82 Å². The Morgan fingerprint density at radius 1 is 1.17 bits per heavy atom. The van der Waals surface area contributed by atoms with E-state index in [1.165, 1.54) is 31.5 Å². The molecular weight excluding hydrogens is 299 g/mol. The van der Waals surface area contributed by atoms with Crippen LogP contribution in [-0.4, -0.2) is 12.1 Å². The van der Waals surface area contributed by atoms with E-state index in [1.54, 1.807) is 0 Å². The fourth-order valence-electron chi connectivity index (χ4n) is 1.46. The number of benzene rings is 1. The monoisotopic (exact) mass is 305 g/mol. The fraction of sp³-hybridized carbons (Fsp3) is 0.0833. The molecule has 0 saturated heterocycles. The number of aromatic nitrogens is 1. The van der Waals surface area contributed by atoms with Crippen LogP contribution in [0.15, 0.2) is 24.4 Å². The van der Waals surface area contributed by atoms with Gasteiger partial charge in [-0.05, 0) is 12.1 Å². The lowest BCUT2D eigenvalue weighted by Crippen LogP contribution is -1.94. The summed E-state index contributed by atoms with van der Waals surface area (Å²) in [6.45, 7) is 0. The molecule has 1 heterocycles. The highest BCUT2D eigenvalue weighted by atomic mass is 35.5. The van der Waals surface area contributed by atoms with E-state index < -0.39 is 5.82 Å². The summed E-state index contributed by atoms with van der Waals surface area (Å²) >= 11 is 17.9. The van der Waals surface area contributed by atoms with Crippen LogP contribution in [0.2, 0.25) is 15.1 Å². The third-order valence-corrected chi connectivity index (χ3v) is 3.45. The molecule has 0 fully saturated rings. The second-order valence-corrected chi connectivity index (χ2v) is 4.62. The third kappa shape index (κ3) is 2.39. The van der Waals surface area contributed by atoms with Gasteiger partial charge < -0.3 is 4.74 Å². The molecule has 0 radical (unpaired) electrons. The summed E-state index contributed by atoms with van der Waals surface area (Å²) in [5, 5.41) is 0.731. The van der Waals surface area contributed by atoms with Gasteiger partial charge in [0.15, 0.2) is 5.82 Å². The molecule has 94 valence electrons. The quantitative estimate of drug-likeness (QED) is 0.739. The van der Waals surface area contributed by atoms with Crippen LogP contribution < -0.4 is 4.74 Å². The van der Waals surface area contributed by atoms with Crippen molar-refractivity contribution >= 4 is 34.8 Å². The molecule has 2 nitrogen and oxygen atoms in total. The van der Waals surface area contributed by atoms with Crippen molar-refractivity contribution in [3.05, 3.63) is 45.3 Å². The van der Waals surface area contributed by atoms with Crippen molar-refractivity contribution in [2.45, 2.75) is 0 Å². The topological polar surface area (TPSA) is 22.1 Å². The van der Waals surface area contributed by atoms with E-state index in [-0.39, 0.29) is 26.3 Å². The first-order valence-electron chi connectivity index (χ1n) is 4.88. The highest BCUT2D eigenvalue weighted by Crippen LogP contribution is 2.39. The minimum atomic E-state index is -0.583. The van der Waals surface area contributed by atoms with E-state index in [0.29, 0.717) is 5.75 Å². The first-order chi connectivity index (χ1) is 8.54. The van der Waals surface area contributed by atoms with Crippen LogP contribution >= 0.6 is 34.8 Å². The molecule has 0 N–H and O–H groups in total. The Bertz CT molecular complexity index is 604. The molecule has 2 rings (SSSR count). The minimum Gasteiger partial charge on any atom is -0.495 e. The van der Waals surface area contributed by atoms with E-state index in [9.17, 15) is 4.39 Å². The van der Waals surface area contributed by atoms with Crippen LogP contribution in [0.4, 0.5) is 4.39 Å². The normalized spacial score (nSPS) is 10.5. The zero-order valence-electron chi connectivity index (χ0n) is 9.18. The molecule has 6 heteroatoms. The first kappa shape index (κ1) is 13.4. The SMILES string of the molecule is COc1cnc(-c2c(Cl)ccc(Cl)c2Cl)c(F)c1.